The van der Waals surface area contributed by atoms with E-state index in [1.807, 2.05) is 0 Å². The average molecular weight is 431 g/mol. The van der Waals surface area contributed by atoms with Crippen molar-refractivity contribution >= 4 is 46.5 Å². The lowest BCUT2D eigenvalue weighted by atomic mass is 10.1. The first-order chi connectivity index (χ1) is 14.1. The number of Topliss-reactive ketones (excluding diaryl/α,β-unsaturated/α-hetero) is 1. The fourth-order valence-electron chi connectivity index (χ4n) is 2.43. The van der Waals surface area contributed by atoms with Crippen LogP contribution in [0.1, 0.15) is 34.6 Å². The van der Waals surface area contributed by atoms with Crippen molar-refractivity contribution in [3.63, 3.8) is 0 Å². The molecule has 9 heteroatoms. The first-order valence-corrected chi connectivity index (χ1v) is 9.02. The van der Waals surface area contributed by atoms with E-state index < -0.39 is 17.8 Å². The van der Waals surface area contributed by atoms with E-state index in [0.717, 1.165) is 12.1 Å². The minimum atomic E-state index is -1.23. The number of amides is 2. The highest BCUT2D eigenvalue weighted by Gasteiger charge is 2.17. The van der Waals surface area contributed by atoms with E-state index in [9.17, 15) is 19.2 Å². The van der Waals surface area contributed by atoms with Gasteiger partial charge in [-0.2, -0.15) is 0 Å². The molecule has 3 N–H and O–H groups in total. The van der Waals surface area contributed by atoms with Gasteiger partial charge in [-0.25, -0.2) is 4.79 Å². The Labute approximate surface area is 177 Å². The first-order valence-electron chi connectivity index (χ1n) is 8.64. The van der Waals surface area contributed by atoms with Crippen LogP contribution in [-0.4, -0.2) is 35.8 Å². The van der Waals surface area contributed by atoms with E-state index in [1.54, 1.807) is 24.3 Å². The van der Waals surface area contributed by atoms with Crippen LogP contribution in [0.2, 0.25) is 5.02 Å². The van der Waals surface area contributed by atoms with E-state index in [1.165, 1.54) is 27.0 Å². The number of carbonyl (C=O) groups excluding carboxylic acids is 3. The summed E-state index contributed by atoms with van der Waals surface area (Å²) in [6.45, 7) is 2.87. The van der Waals surface area contributed by atoms with Crippen LogP contribution >= 0.6 is 11.6 Å². The van der Waals surface area contributed by atoms with Gasteiger partial charge in [0.2, 0.25) is 5.91 Å². The molecule has 0 aliphatic rings. The Morgan fingerprint density at radius 2 is 1.67 bits per heavy atom. The molecule has 0 unspecified atom stereocenters. The summed E-state index contributed by atoms with van der Waals surface area (Å²) in [5, 5.41) is 14.3. The van der Waals surface area contributed by atoms with Gasteiger partial charge < -0.3 is 20.5 Å². The lowest BCUT2D eigenvalue weighted by Crippen LogP contribution is -2.16. The molecule has 8 nitrogen and oxygen atoms in total. The molecular weight excluding hydrogens is 412 g/mol. The number of carboxylic acid groups (broad SMARTS) is 1. The normalized spacial score (nSPS) is 10.9. The smallest absolute Gasteiger partial charge is 0.339 e. The molecule has 0 saturated carbocycles. The molecule has 156 valence electrons. The molecule has 0 heterocycles. The van der Waals surface area contributed by atoms with Crippen molar-refractivity contribution in [2.24, 2.45) is 0 Å². The zero-order valence-corrected chi connectivity index (χ0v) is 17.2. The zero-order valence-electron chi connectivity index (χ0n) is 16.4. The second kappa shape index (κ2) is 9.71. The van der Waals surface area contributed by atoms with Crippen LogP contribution in [0.5, 0.6) is 5.75 Å². The predicted octanol–water partition coefficient (Wildman–Crippen LogP) is 3.77. The largest absolute Gasteiger partial charge is 0.496 e. The van der Waals surface area contributed by atoms with Gasteiger partial charge in [-0.3, -0.25) is 14.4 Å². The molecule has 0 aliphatic carbocycles. The maximum absolute atomic E-state index is 12.4. The molecule has 0 fully saturated rings. The Balaban J connectivity index is 2.11. The third kappa shape index (κ3) is 5.68. The number of anilines is 2. The summed E-state index contributed by atoms with van der Waals surface area (Å²) in [6, 6.07) is 8.76. The minimum Gasteiger partial charge on any atom is -0.496 e. The quantitative estimate of drug-likeness (QED) is 0.454. The molecule has 30 heavy (non-hydrogen) atoms. The predicted molar refractivity (Wildman–Crippen MR) is 112 cm³/mol. The summed E-state index contributed by atoms with van der Waals surface area (Å²) in [5.74, 6) is -2.44. The molecule has 0 spiro atoms. The highest BCUT2D eigenvalue weighted by atomic mass is 35.5. The summed E-state index contributed by atoms with van der Waals surface area (Å²) in [7, 11) is 1.29. The molecule has 2 aromatic rings. The van der Waals surface area contributed by atoms with E-state index in [-0.39, 0.29) is 33.4 Å². The summed E-state index contributed by atoms with van der Waals surface area (Å²) in [4.78, 5) is 47.0. The summed E-state index contributed by atoms with van der Waals surface area (Å²) in [6.07, 6.45) is 1.10. The van der Waals surface area contributed by atoms with Crippen molar-refractivity contribution < 1.29 is 29.0 Å². The van der Waals surface area contributed by atoms with Gasteiger partial charge in [0, 0.05) is 29.0 Å². The van der Waals surface area contributed by atoms with Crippen LogP contribution < -0.4 is 15.4 Å². The van der Waals surface area contributed by atoms with Crippen LogP contribution in [-0.2, 0) is 9.59 Å². The SMILES string of the molecule is COc1cc(NC(=O)/C(C)=C\C(=O)Nc2ccc(C(C)=O)cc2)c(Cl)cc1C(=O)O. The number of carbonyl (C=O) groups is 4. The van der Waals surface area contributed by atoms with E-state index in [2.05, 4.69) is 10.6 Å². The van der Waals surface area contributed by atoms with Gasteiger partial charge in [-0.15, -0.1) is 0 Å². The molecule has 0 atom stereocenters. The molecule has 0 aliphatic heterocycles. The van der Waals surface area contributed by atoms with Gasteiger partial charge in [-0.1, -0.05) is 11.6 Å². The third-order valence-corrected chi connectivity index (χ3v) is 4.35. The summed E-state index contributed by atoms with van der Waals surface area (Å²) >= 11 is 6.04. The molecule has 0 radical (unpaired) electrons. The lowest BCUT2D eigenvalue weighted by Gasteiger charge is -2.12. The second-order valence-electron chi connectivity index (χ2n) is 6.24. The molecule has 0 aromatic heterocycles. The number of methoxy groups -OCH3 is 1. The van der Waals surface area contributed by atoms with Crippen molar-refractivity contribution in [3.8, 4) is 5.75 Å². The Bertz CT molecular complexity index is 1040. The number of ether oxygens (including phenoxy) is 1. The van der Waals surface area contributed by atoms with Gasteiger partial charge in [0.1, 0.15) is 11.3 Å². The summed E-state index contributed by atoms with van der Waals surface area (Å²) in [5.41, 5.74) is 1.05. The molecule has 2 aromatic carbocycles. The fourth-order valence-corrected chi connectivity index (χ4v) is 2.65. The van der Waals surface area contributed by atoms with Gasteiger partial charge in [0.15, 0.2) is 5.78 Å². The third-order valence-electron chi connectivity index (χ3n) is 4.03. The molecule has 2 amide bonds. The molecule has 0 bridgehead atoms. The molecular formula is C21H19ClN2O6. The van der Waals surface area contributed by atoms with Crippen molar-refractivity contribution in [1.82, 2.24) is 0 Å². The van der Waals surface area contributed by atoms with E-state index in [0.29, 0.717) is 11.3 Å². The number of aromatic carboxylic acids is 1. The molecule has 0 saturated heterocycles. The van der Waals surface area contributed by atoms with Gasteiger partial charge in [0.05, 0.1) is 17.8 Å². The Hall–Kier alpha value is -3.65. The van der Waals surface area contributed by atoms with Gasteiger partial charge >= 0.3 is 5.97 Å². The van der Waals surface area contributed by atoms with Crippen molar-refractivity contribution in [3.05, 3.63) is 64.2 Å². The number of ketones is 1. The topological polar surface area (TPSA) is 122 Å². The number of carboxylic acids is 1. The standard InChI is InChI=1S/C21H19ClN2O6/c1-11(8-19(26)23-14-6-4-13(5-7-14)12(2)25)20(27)24-17-10-18(30-3)15(21(28)29)9-16(17)22/h4-10H,1-3H3,(H,23,26)(H,24,27)(H,28,29)/b11-8-. The zero-order chi connectivity index (χ0) is 22.4. The van der Waals surface area contributed by atoms with Crippen molar-refractivity contribution in [2.75, 3.05) is 17.7 Å². The van der Waals surface area contributed by atoms with Crippen LogP contribution in [0.25, 0.3) is 0 Å². The number of nitrogens with one attached hydrogen (secondary N) is 2. The Kier molecular flexibility index (Phi) is 7.32. The van der Waals surface area contributed by atoms with Gasteiger partial charge in [0.25, 0.3) is 5.91 Å². The number of halogens is 1. The number of benzene rings is 2. The van der Waals surface area contributed by atoms with Crippen molar-refractivity contribution in [1.29, 1.82) is 0 Å². The summed E-state index contributed by atoms with van der Waals surface area (Å²) < 4.78 is 5.01. The van der Waals surface area contributed by atoms with Crippen LogP contribution in [0.4, 0.5) is 11.4 Å². The van der Waals surface area contributed by atoms with Crippen LogP contribution in [0.15, 0.2) is 48.0 Å². The lowest BCUT2D eigenvalue weighted by molar-refractivity contribution is -0.114. The minimum absolute atomic E-state index is 0.00404. The highest BCUT2D eigenvalue weighted by Crippen LogP contribution is 2.31. The number of hydrogen-bond donors (Lipinski definition) is 3. The van der Waals surface area contributed by atoms with Crippen molar-refractivity contribution in [2.45, 2.75) is 13.8 Å². The van der Waals surface area contributed by atoms with Gasteiger partial charge in [-0.05, 0) is 44.2 Å². The maximum atomic E-state index is 12.4. The highest BCUT2D eigenvalue weighted by molar-refractivity contribution is 6.34. The van der Waals surface area contributed by atoms with E-state index in [4.69, 9.17) is 21.4 Å². The number of rotatable bonds is 7. The Morgan fingerprint density at radius 1 is 1.03 bits per heavy atom. The van der Waals surface area contributed by atoms with E-state index >= 15 is 0 Å². The maximum Gasteiger partial charge on any atom is 0.339 e. The fraction of sp³-hybridized carbons (Fsp3) is 0.143. The Morgan fingerprint density at radius 3 is 2.20 bits per heavy atom. The number of hydrogen-bond acceptors (Lipinski definition) is 5. The van der Waals surface area contributed by atoms with Crippen LogP contribution in [0, 0.1) is 0 Å². The molecule has 2 rings (SSSR count). The van der Waals surface area contributed by atoms with Crippen LogP contribution in [0.3, 0.4) is 0 Å². The monoisotopic (exact) mass is 430 g/mol. The first kappa shape index (κ1) is 22.6. The average Bonchev–Trinajstić information content (AvgIpc) is 2.69. The second-order valence-corrected chi connectivity index (χ2v) is 6.65.